The third kappa shape index (κ3) is 4.13. The molecule has 1 aromatic carbocycles. The quantitative estimate of drug-likeness (QED) is 0.644. The Labute approximate surface area is 167 Å². The largest absolute Gasteiger partial charge is 0.452 e. The van der Waals surface area contributed by atoms with Gasteiger partial charge in [-0.25, -0.2) is 4.79 Å². The number of hydrogen-bond acceptors (Lipinski definition) is 5. The highest BCUT2D eigenvalue weighted by atomic mass is 32.1. The first-order valence-electron chi connectivity index (χ1n) is 8.64. The van der Waals surface area contributed by atoms with E-state index in [9.17, 15) is 14.9 Å². The van der Waals surface area contributed by atoms with E-state index in [-0.39, 0.29) is 0 Å². The van der Waals surface area contributed by atoms with Crippen molar-refractivity contribution in [2.75, 3.05) is 11.9 Å². The van der Waals surface area contributed by atoms with Crippen LogP contribution in [0.4, 0.5) is 5.82 Å². The number of anilines is 1. The summed E-state index contributed by atoms with van der Waals surface area (Å²) >= 11 is 1.38. The minimum atomic E-state index is -0.552. The second kappa shape index (κ2) is 8.55. The van der Waals surface area contributed by atoms with E-state index in [1.165, 1.54) is 11.3 Å². The van der Waals surface area contributed by atoms with Crippen LogP contribution in [-0.2, 0) is 16.1 Å². The minimum absolute atomic E-state index is 0.408. The first-order valence-corrected chi connectivity index (χ1v) is 9.58. The molecule has 28 heavy (non-hydrogen) atoms. The van der Waals surface area contributed by atoms with Gasteiger partial charge in [0, 0.05) is 17.6 Å². The Morgan fingerprint density at radius 1 is 1.21 bits per heavy atom. The summed E-state index contributed by atoms with van der Waals surface area (Å²) in [7, 11) is 0. The van der Waals surface area contributed by atoms with Gasteiger partial charge in [0.1, 0.15) is 11.9 Å². The number of carbonyl (C=O) groups is 2. The average molecular weight is 393 g/mol. The van der Waals surface area contributed by atoms with Gasteiger partial charge < -0.3 is 14.6 Å². The number of aromatic nitrogens is 1. The summed E-state index contributed by atoms with van der Waals surface area (Å²) in [6.07, 6.45) is 0. The van der Waals surface area contributed by atoms with Crippen LogP contribution in [0.15, 0.2) is 47.2 Å². The number of ether oxygens (including phenoxy) is 1. The SMILES string of the molecule is Cc1c(C#N)c(NC(=O)COC(=O)c2ccsc2)n(Cc2ccccc2)c1C. The van der Waals surface area contributed by atoms with Gasteiger partial charge >= 0.3 is 5.97 Å². The van der Waals surface area contributed by atoms with Gasteiger partial charge in [0.2, 0.25) is 0 Å². The predicted octanol–water partition coefficient (Wildman–Crippen LogP) is 3.88. The summed E-state index contributed by atoms with van der Waals surface area (Å²) in [5.74, 6) is -0.631. The number of amides is 1. The van der Waals surface area contributed by atoms with Crippen LogP contribution in [0, 0.1) is 25.2 Å². The molecule has 2 heterocycles. The van der Waals surface area contributed by atoms with Crippen LogP contribution >= 0.6 is 11.3 Å². The van der Waals surface area contributed by atoms with E-state index in [1.807, 2.05) is 48.7 Å². The molecule has 3 aromatic rings. The molecular weight excluding hydrogens is 374 g/mol. The first kappa shape index (κ1) is 19.4. The van der Waals surface area contributed by atoms with E-state index in [2.05, 4.69) is 11.4 Å². The maximum Gasteiger partial charge on any atom is 0.339 e. The van der Waals surface area contributed by atoms with Crippen molar-refractivity contribution in [2.45, 2.75) is 20.4 Å². The number of hydrogen-bond donors (Lipinski definition) is 1. The van der Waals surface area contributed by atoms with E-state index in [4.69, 9.17) is 4.74 Å². The van der Waals surface area contributed by atoms with E-state index in [1.54, 1.807) is 16.8 Å². The molecule has 7 heteroatoms. The van der Waals surface area contributed by atoms with Gasteiger partial charge in [-0.15, -0.1) is 0 Å². The lowest BCUT2D eigenvalue weighted by molar-refractivity contribution is -0.119. The Morgan fingerprint density at radius 2 is 1.96 bits per heavy atom. The summed E-state index contributed by atoms with van der Waals surface area (Å²) in [5.41, 5.74) is 3.57. The van der Waals surface area contributed by atoms with Crippen molar-refractivity contribution in [3.63, 3.8) is 0 Å². The van der Waals surface area contributed by atoms with Crippen LogP contribution in [0.25, 0.3) is 0 Å². The topological polar surface area (TPSA) is 84.1 Å². The van der Waals surface area contributed by atoms with E-state index < -0.39 is 18.5 Å². The molecule has 0 saturated carbocycles. The Bertz CT molecular complexity index is 1030. The van der Waals surface area contributed by atoms with Crippen molar-refractivity contribution in [2.24, 2.45) is 0 Å². The Balaban J connectivity index is 1.78. The summed E-state index contributed by atoms with van der Waals surface area (Å²) in [6, 6.07) is 13.6. The van der Waals surface area contributed by atoms with E-state index in [0.29, 0.717) is 23.5 Å². The van der Waals surface area contributed by atoms with Gasteiger partial charge in [0.05, 0.1) is 11.1 Å². The highest BCUT2D eigenvalue weighted by molar-refractivity contribution is 7.08. The zero-order valence-electron chi connectivity index (χ0n) is 15.6. The third-order valence-electron chi connectivity index (χ3n) is 4.47. The molecule has 0 unspecified atom stereocenters. The van der Waals surface area contributed by atoms with Gasteiger partial charge in [0.15, 0.2) is 6.61 Å². The molecule has 0 saturated heterocycles. The Kier molecular flexibility index (Phi) is 5.92. The molecule has 6 nitrogen and oxygen atoms in total. The predicted molar refractivity (Wildman–Crippen MR) is 107 cm³/mol. The standard InChI is InChI=1S/C21H19N3O3S/c1-14-15(2)24(11-16-6-4-3-5-7-16)20(18(14)10-22)23-19(25)12-27-21(26)17-8-9-28-13-17/h3-9,13H,11-12H2,1-2H3,(H,23,25). The highest BCUT2D eigenvalue weighted by Crippen LogP contribution is 2.27. The van der Waals surface area contributed by atoms with Crippen LogP contribution in [0.1, 0.15) is 32.7 Å². The van der Waals surface area contributed by atoms with Gasteiger partial charge in [-0.1, -0.05) is 30.3 Å². The second-order valence-electron chi connectivity index (χ2n) is 6.25. The van der Waals surface area contributed by atoms with Crippen LogP contribution < -0.4 is 5.32 Å². The van der Waals surface area contributed by atoms with Crippen molar-refractivity contribution in [1.29, 1.82) is 5.26 Å². The van der Waals surface area contributed by atoms with Gasteiger partial charge in [0.25, 0.3) is 5.91 Å². The molecule has 2 aromatic heterocycles. The van der Waals surface area contributed by atoms with Gasteiger partial charge in [-0.05, 0) is 36.4 Å². The molecule has 1 N–H and O–H groups in total. The van der Waals surface area contributed by atoms with Crippen molar-refractivity contribution >= 4 is 29.0 Å². The minimum Gasteiger partial charge on any atom is -0.452 e. The van der Waals surface area contributed by atoms with Crippen LogP contribution in [-0.4, -0.2) is 23.1 Å². The van der Waals surface area contributed by atoms with Crippen LogP contribution in [0.2, 0.25) is 0 Å². The lowest BCUT2D eigenvalue weighted by Gasteiger charge is -2.13. The number of rotatable bonds is 6. The molecule has 1 amide bonds. The molecule has 3 rings (SSSR count). The van der Waals surface area contributed by atoms with Gasteiger partial charge in [-0.2, -0.15) is 16.6 Å². The summed E-state index contributed by atoms with van der Waals surface area (Å²) in [5, 5.41) is 15.7. The lowest BCUT2D eigenvalue weighted by Crippen LogP contribution is -2.23. The number of esters is 1. The third-order valence-corrected chi connectivity index (χ3v) is 5.16. The Hall–Kier alpha value is -3.37. The number of benzene rings is 1. The normalized spacial score (nSPS) is 10.3. The van der Waals surface area contributed by atoms with Crippen LogP contribution in [0.5, 0.6) is 0 Å². The molecule has 0 aliphatic carbocycles. The second-order valence-corrected chi connectivity index (χ2v) is 7.03. The monoisotopic (exact) mass is 393 g/mol. The molecular formula is C21H19N3O3S. The summed E-state index contributed by atoms with van der Waals surface area (Å²) in [6.45, 7) is 3.85. The van der Waals surface area contributed by atoms with Crippen molar-refractivity contribution in [1.82, 2.24) is 4.57 Å². The lowest BCUT2D eigenvalue weighted by atomic mass is 10.2. The highest BCUT2D eigenvalue weighted by Gasteiger charge is 2.20. The molecule has 0 atom stereocenters. The van der Waals surface area contributed by atoms with E-state index in [0.717, 1.165) is 16.8 Å². The zero-order valence-corrected chi connectivity index (χ0v) is 16.4. The molecule has 142 valence electrons. The number of nitriles is 1. The molecule has 0 spiro atoms. The van der Waals surface area contributed by atoms with Crippen molar-refractivity contribution < 1.29 is 14.3 Å². The summed E-state index contributed by atoms with van der Waals surface area (Å²) in [4.78, 5) is 24.3. The maximum absolute atomic E-state index is 12.4. The fourth-order valence-electron chi connectivity index (χ4n) is 2.86. The summed E-state index contributed by atoms with van der Waals surface area (Å²) < 4.78 is 6.94. The number of nitrogens with one attached hydrogen (secondary N) is 1. The average Bonchev–Trinajstić information content (AvgIpc) is 3.31. The number of thiophene rings is 1. The molecule has 0 aliphatic rings. The number of nitrogens with zero attached hydrogens (tertiary/aromatic N) is 2. The molecule has 0 aliphatic heterocycles. The Morgan fingerprint density at radius 3 is 2.61 bits per heavy atom. The maximum atomic E-state index is 12.4. The zero-order chi connectivity index (χ0) is 20.1. The van der Waals surface area contributed by atoms with Crippen molar-refractivity contribution in [3.05, 3.63) is 75.1 Å². The molecule has 0 radical (unpaired) electrons. The fourth-order valence-corrected chi connectivity index (χ4v) is 3.48. The molecule has 0 fully saturated rings. The molecule has 0 bridgehead atoms. The fraction of sp³-hybridized carbons (Fsp3) is 0.190. The van der Waals surface area contributed by atoms with Crippen molar-refractivity contribution in [3.8, 4) is 6.07 Å². The van der Waals surface area contributed by atoms with Crippen LogP contribution in [0.3, 0.4) is 0 Å². The smallest absolute Gasteiger partial charge is 0.339 e. The first-order chi connectivity index (χ1) is 13.5. The number of carbonyl (C=O) groups excluding carboxylic acids is 2. The van der Waals surface area contributed by atoms with Gasteiger partial charge in [-0.3, -0.25) is 4.79 Å². The van der Waals surface area contributed by atoms with E-state index >= 15 is 0 Å².